The van der Waals surface area contributed by atoms with Crippen LogP contribution in [0.4, 0.5) is 0 Å². The number of H-pyrrole nitrogens is 1. The topological polar surface area (TPSA) is 295 Å². The summed E-state index contributed by atoms with van der Waals surface area (Å²) < 4.78 is 53.0. The predicted octanol–water partition coefficient (Wildman–Crippen LogP) is -4.20. The minimum Gasteiger partial charge on any atom is -0.387 e. The Morgan fingerprint density at radius 3 is 2.25 bits per heavy atom. The molecular formula is C18H26N2O18P2. The number of aromatic nitrogens is 2. The lowest BCUT2D eigenvalue weighted by Gasteiger charge is -2.40. The Labute approximate surface area is 223 Å². The molecule has 0 aromatic carbocycles. The fourth-order valence-electron chi connectivity index (χ4n) is 3.56. The van der Waals surface area contributed by atoms with E-state index < -0.39 is 95.4 Å². The fraction of sp³-hybridized carbons (Fsp3) is 0.667. The largest absolute Gasteiger partial charge is 0.508 e. The minimum absolute atomic E-state index is 0.225. The molecule has 0 amide bonds. The van der Waals surface area contributed by atoms with Gasteiger partial charge in [0, 0.05) is 12.3 Å². The first kappa shape index (κ1) is 32.7. The number of rotatable bonds is 12. The standard InChI is InChI=1S/C18H26N2O18P2/c1-2-5-32-6-8-11(22)13(24)15(26)17(35-8)36-39(28,29)38-40(30,31)37-33-7-9-12(23)14(25)16(34-9)20-4-3-10(21)19-18(20)27/h1,3-4,8-9,11-17,22-26H,5-7H2,(H,28,29)(H,30,31)(H,19,21,27)/t8-,9-,11+,12-,13+,14-,15-,16-,17?/m1/s1. The van der Waals surface area contributed by atoms with Gasteiger partial charge in [-0.25, -0.2) is 18.8 Å². The summed E-state index contributed by atoms with van der Waals surface area (Å²) in [5.74, 6) is 2.12. The molecule has 22 heteroatoms. The summed E-state index contributed by atoms with van der Waals surface area (Å²) in [5, 5.41) is 50.2. The fourth-order valence-corrected chi connectivity index (χ4v) is 5.50. The van der Waals surface area contributed by atoms with Crippen LogP contribution in [0.3, 0.4) is 0 Å². The van der Waals surface area contributed by atoms with Gasteiger partial charge in [-0.1, -0.05) is 5.92 Å². The van der Waals surface area contributed by atoms with Gasteiger partial charge < -0.3 is 49.5 Å². The highest BCUT2D eigenvalue weighted by atomic mass is 31.3. The SMILES string of the molecule is C#CCOC[C@H]1OC(OP(=O)(O)OP(=O)(O)OOC[C@H]2O[C@@H](n3ccc(=O)[nH]c3=O)[C@H](O)[C@@H]2O)[C@H](O)[C@@H](O)[C@H]1O. The summed E-state index contributed by atoms with van der Waals surface area (Å²) in [7, 11) is -11.2. The first-order valence-electron chi connectivity index (χ1n) is 11.1. The molecule has 3 unspecified atom stereocenters. The minimum atomic E-state index is -5.63. The summed E-state index contributed by atoms with van der Waals surface area (Å²) >= 11 is 0. The number of aromatic amines is 1. The molecule has 0 spiro atoms. The van der Waals surface area contributed by atoms with Crippen LogP contribution in [0.2, 0.25) is 0 Å². The molecule has 0 saturated carbocycles. The maximum Gasteiger partial charge on any atom is 0.508 e. The van der Waals surface area contributed by atoms with Crippen LogP contribution < -0.4 is 11.2 Å². The zero-order valence-corrected chi connectivity index (χ0v) is 21.8. The number of phosphoric ester groups is 1. The molecular weight excluding hydrogens is 594 g/mol. The summed E-state index contributed by atoms with van der Waals surface area (Å²) in [6.07, 6.45) is -9.88. The van der Waals surface area contributed by atoms with E-state index in [4.69, 9.17) is 20.6 Å². The van der Waals surface area contributed by atoms with Crippen molar-refractivity contribution in [2.24, 2.45) is 0 Å². The lowest BCUT2D eigenvalue weighted by atomic mass is 9.99. The second-order valence-corrected chi connectivity index (χ2v) is 11.2. The zero-order chi connectivity index (χ0) is 29.8. The maximum atomic E-state index is 12.3. The van der Waals surface area contributed by atoms with E-state index in [1.165, 1.54) is 0 Å². The molecule has 0 bridgehead atoms. The predicted molar refractivity (Wildman–Crippen MR) is 122 cm³/mol. The van der Waals surface area contributed by atoms with E-state index in [0.717, 1.165) is 16.8 Å². The van der Waals surface area contributed by atoms with Crippen molar-refractivity contribution in [3.05, 3.63) is 33.1 Å². The lowest BCUT2D eigenvalue weighted by Crippen LogP contribution is -2.59. The van der Waals surface area contributed by atoms with Crippen LogP contribution in [0.1, 0.15) is 6.23 Å². The second kappa shape index (κ2) is 13.4. The van der Waals surface area contributed by atoms with Gasteiger partial charge in [-0.05, 0) is 0 Å². The number of nitrogens with one attached hydrogen (secondary N) is 1. The van der Waals surface area contributed by atoms with E-state index >= 15 is 0 Å². The van der Waals surface area contributed by atoms with Crippen molar-refractivity contribution in [1.82, 2.24) is 9.55 Å². The molecule has 2 aliphatic rings. The van der Waals surface area contributed by atoms with Gasteiger partial charge in [-0.3, -0.25) is 18.9 Å². The van der Waals surface area contributed by atoms with Gasteiger partial charge in [0.05, 0.1) is 6.61 Å². The molecule has 2 aliphatic heterocycles. The molecule has 11 atom stereocenters. The molecule has 8 N–H and O–H groups in total. The quantitative estimate of drug-likeness (QED) is 0.0361. The zero-order valence-electron chi connectivity index (χ0n) is 20.0. The monoisotopic (exact) mass is 620 g/mol. The third-order valence-corrected chi connectivity index (χ3v) is 7.84. The van der Waals surface area contributed by atoms with E-state index in [0.29, 0.717) is 0 Å². The van der Waals surface area contributed by atoms with E-state index in [1.807, 2.05) is 4.98 Å². The number of aliphatic hydroxyl groups is 5. The lowest BCUT2D eigenvalue weighted by molar-refractivity contribution is -0.282. The van der Waals surface area contributed by atoms with E-state index in [9.17, 15) is 54.0 Å². The van der Waals surface area contributed by atoms with Crippen molar-refractivity contribution in [2.45, 2.75) is 55.2 Å². The molecule has 2 fully saturated rings. The Hall–Kier alpha value is -1.86. The van der Waals surface area contributed by atoms with Crippen LogP contribution in [0, 0.1) is 12.3 Å². The van der Waals surface area contributed by atoms with Crippen LogP contribution in [0.25, 0.3) is 0 Å². The molecule has 3 rings (SSSR count). The van der Waals surface area contributed by atoms with Crippen molar-refractivity contribution in [3.8, 4) is 12.3 Å². The van der Waals surface area contributed by atoms with E-state index in [2.05, 4.69) is 24.3 Å². The van der Waals surface area contributed by atoms with Gasteiger partial charge in [0.15, 0.2) is 12.5 Å². The third kappa shape index (κ3) is 8.12. The molecule has 40 heavy (non-hydrogen) atoms. The van der Waals surface area contributed by atoms with Crippen LogP contribution in [0.5, 0.6) is 0 Å². The molecule has 20 nitrogen and oxygen atoms in total. The van der Waals surface area contributed by atoms with E-state index in [-0.39, 0.29) is 6.61 Å². The first-order valence-corrected chi connectivity index (χ1v) is 14.1. The third-order valence-electron chi connectivity index (χ3n) is 5.42. The van der Waals surface area contributed by atoms with Crippen molar-refractivity contribution in [3.63, 3.8) is 0 Å². The highest BCUT2D eigenvalue weighted by Crippen LogP contribution is 2.61. The number of hydrogen-bond acceptors (Lipinski definition) is 16. The average molecular weight is 620 g/mol. The molecule has 0 radical (unpaired) electrons. The van der Waals surface area contributed by atoms with Crippen LogP contribution in [-0.4, -0.2) is 114 Å². The highest BCUT2D eigenvalue weighted by Gasteiger charge is 2.49. The summed E-state index contributed by atoms with van der Waals surface area (Å²) in [4.78, 5) is 49.0. The van der Waals surface area contributed by atoms with E-state index in [1.54, 1.807) is 0 Å². The second-order valence-electron chi connectivity index (χ2n) is 8.28. The average Bonchev–Trinajstić information content (AvgIpc) is 3.13. The van der Waals surface area contributed by atoms with Crippen molar-refractivity contribution >= 4 is 15.6 Å². The Bertz CT molecular complexity index is 1260. The Morgan fingerprint density at radius 2 is 1.60 bits per heavy atom. The normalized spacial score (nSPS) is 35.5. The summed E-state index contributed by atoms with van der Waals surface area (Å²) in [6, 6.07) is 0.943. The number of hydrogen-bond donors (Lipinski definition) is 8. The smallest absolute Gasteiger partial charge is 0.387 e. The highest BCUT2D eigenvalue weighted by molar-refractivity contribution is 7.61. The molecule has 1 aromatic heterocycles. The summed E-state index contributed by atoms with van der Waals surface area (Å²) in [5.41, 5.74) is -1.72. The molecule has 3 heterocycles. The van der Waals surface area contributed by atoms with Gasteiger partial charge in [0.2, 0.25) is 0 Å². The number of nitrogens with zero attached hydrogens (tertiary/aromatic N) is 1. The van der Waals surface area contributed by atoms with Gasteiger partial charge >= 0.3 is 21.3 Å². The Balaban J connectivity index is 1.55. The summed E-state index contributed by atoms with van der Waals surface area (Å²) in [6.45, 7) is -1.56. The van der Waals surface area contributed by atoms with Crippen molar-refractivity contribution in [2.75, 3.05) is 19.8 Å². The Kier molecular flexibility index (Phi) is 10.9. The number of terminal acetylenes is 1. The van der Waals surface area contributed by atoms with Crippen LogP contribution in [-0.2, 0) is 41.7 Å². The Morgan fingerprint density at radius 1 is 0.950 bits per heavy atom. The molecule has 2 saturated heterocycles. The molecule has 226 valence electrons. The van der Waals surface area contributed by atoms with Gasteiger partial charge in [0.25, 0.3) is 5.56 Å². The van der Waals surface area contributed by atoms with Gasteiger partial charge in [-0.15, -0.1) is 11.1 Å². The van der Waals surface area contributed by atoms with Crippen LogP contribution >= 0.6 is 15.6 Å². The van der Waals surface area contributed by atoms with Crippen molar-refractivity contribution in [1.29, 1.82) is 0 Å². The maximum absolute atomic E-state index is 12.3. The van der Waals surface area contributed by atoms with Gasteiger partial charge in [0.1, 0.15) is 55.9 Å². The number of ether oxygens (including phenoxy) is 3. The van der Waals surface area contributed by atoms with Crippen molar-refractivity contribution < 1.29 is 77.1 Å². The number of phosphoric acid groups is 2. The molecule has 1 aromatic rings. The van der Waals surface area contributed by atoms with Crippen LogP contribution in [0.15, 0.2) is 21.9 Å². The first-order chi connectivity index (χ1) is 18.7. The number of aliphatic hydroxyl groups excluding tert-OH is 5. The molecule has 0 aliphatic carbocycles. The van der Waals surface area contributed by atoms with Gasteiger partial charge in [-0.2, -0.15) is 4.31 Å².